The molecular weight excluding hydrogens is 303 g/mol. The van der Waals surface area contributed by atoms with Crippen LogP contribution in [0.15, 0.2) is 54.7 Å². The highest BCUT2D eigenvalue weighted by molar-refractivity contribution is 5.97. The first-order valence-corrected chi connectivity index (χ1v) is 8.28. The summed E-state index contributed by atoms with van der Waals surface area (Å²) < 4.78 is 12.9. The van der Waals surface area contributed by atoms with E-state index in [1.54, 1.807) is 12.1 Å². The second-order valence-corrected chi connectivity index (χ2v) is 6.46. The van der Waals surface area contributed by atoms with Gasteiger partial charge < -0.3 is 10.3 Å². The van der Waals surface area contributed by atoms with Gasteiger partial charge in [0.2, 0.25) is 5.91 Å². The largest absolute Gasteiger partial charge is 0.361 e. The quantitative estimate of drug-likeness (QED) is 0.739. The van der Waals surface area contributed by atoms with Gasteiger partial charge in [-0.25, -0.2) is 4.39 Å². The molecule has 2 aromatic carbocycles. The zero-order valence-electron chi connectivity index (χ0n) is 13.3. The van der Waals surface area contributed by atoms with Crippen molar-refractivity contribution in [2.24, 2.45) is 0 Å². The number of amides is 1. The summed E-state index contributed by atoms with van der Waals surface area (Å²) in [5.74, 6) is -0.145. The first kappa shape index (κ1) is 14.9. The maximum absolute atomic E-state index is 12.9. The Morgan fingerprint density at radius 2 is 1.88 bits per heavy atom. The second kappa shape index (κ2) is 5.78. The van der Waals surface area contributed by atoms with Gasteiger partial charge in [-0.15, -0.1) is 0 Å². The Bertz CT molecular complexity index is 878. The predicted molar refractivity (Wildman–Crippen MR) is 92.3 cm³/mol. The fraction of sp³-hybridized carbons (Fsp3) is 0.250. The fourth-order valence-corrected chi connectivity index (χ4v) is 3.35. The third kappa shape index (κ3) is 2.58. The highest BCUT2D eigenvalue weighted by atomic mass is 19.1. The predicted octanol–water partition coefficient (Wildman–Crippen LogP) is 3.70. The topological polar surface area (TPSA) is 44.9 Å². The number of nitrogens with one attached hydrogen (secondary N) is 2. The van der Waals surface area contributed by atoms with E-state index in [2.05, 4.69) is 16.4 Å². The number of hydrogen-bond donors (Lipinski definition) is 2. The van der Waals surface area contributed by atoms with Crippen molar-refractivity contribution in [3.63, 3.8) is 0 Å². The number of benzene rings is 2. The van der Waals surface area contributed by atoms with Gasteiger partial charge in [-0.05, 0) is 48.6 Å². The van der Waals surface area contributed by atoms with E-state index in [1.807, 2.05) is 24.4 Å². The molecule has 1 fully saturated rings. The van der Waals surface area contributed by atoms with E-state index >= 15 is 0 Å². The van der Waals surface area contributed by atoms with Crippen molar-refractivity contribution in [1.29, 1.82) is 0 Å². The normalized spacial score (nSPS) is 15.4. The molecule has 3 nitrogen and oxygen atoms in total. The van der Waals surface area contributed by atoms with Crippen LogP contribution >= 0.6 is 0 Å². The lowest BCUT2D eigenvalue weighted by Crippen LogP contribution is -2.35. The number of hydrogen-bond acceptors (Lipinski definition) is 1. The third-order valence-corrected chi connectivity index (χ3v) is 4.90. The molecule has 2 N–H and O–H groups in total. The number of halogens is 1. The number of aromatic nitrogens is 1. The first-order chi connectivity index (χ1) is 11.7. The van der Waals surface area contributed by atoms with Crippen molar-refractivity contribution in [1.82, 2.24) is 10.3 Å². The number of fused-ring (bicyclic) bond motifs is 1. The van der Waals surface area contributed by atoms with Crippen LogP contribution in [0.1, 0.15) is 24.0 Å². The maximum atomic E-state index is 12.9. The second-order valence-electron chi connectivity index (χ2n) is 6.46. The molecule has 24 heavy (non-hydrogen) atoms. The van der Waals surface area contributed by atoms with Gasteiger partial charge in [-0.1, -0.05) is 30.3 Å². The van der Waals surface area contributed by atoms with Gasteiger partial charge in [-0.2, -0.15) is 0 Å². The summed E-state index contributed by atoms with van der Waals surface area (Å²) in [6.07, 6.45) is 4.45. The zero-order chi connectivity index (χ0) is 16.6. The molecule has 1 aliphatic rings. The average molecular weight is 322 g/mol. The molecule has 1 aliphatic carbocycles. The van der Waals surface area contributed by atoms with Crippen LogP contribution in [0.3, 0.4) is 0 Å². The Kier molecular flexibility index (Phi) is 3.60. The van der Waals surface area contributed by atoms with Crippen LogP contribution in [0.5, 0.6) is 0 Å². The summed E-state index contributed by atoms with van der Waals surface area (Å²) in [6, 6.07) is 14.5. The molecule has 0 saturated heterocycles. The van der Waals surface area contributed by atoms with Gasteiger partial charge >= 0.3 is 0 Å². The lowest BCUT2D eigenvalue weighted by atomic mass is 9.94. The van der Waals surface area contributed by atoms with E-state index in [0.29, 0.717) is 13.0 Å². The van der Waals surface area contributed by atoms with Crippen LogP contribution in [0.25, 0.3) is 10.9 Å². The summed E-state index contributed by atoms with van der Waals surface area (Å²) in [6.45, 7) is 0.564. The molecule has 122 valence electrons. The molecular formula is C20H19FN2O. The zero-order valence-corrected chi connectivity index (χ0v) is 13.3. The van der Waals surface area contributed by atoms with E-state index in [9.17, 15) is 9.18 Å². The molecule has 3 aromatic rings. The van der Waals surface area contributed by atoms with E-state index in [4.69, 9.17) is 0 Å². The van der Waals surface area contributed by atoms with Crippen LogP contribution in [0, 0.1) is 5.82 Å². The molecule has 1 aromatic heterocycles. The van der Waals surface area contributed by atoms with E-state index in [1.165, 1.54) is 12.1 Å². The van der Waals surface area contributed by atoms with Crippen LogP contribution in [0.2, 0.25) is 0 Å². The fourth-order valence-electron chi connectivity index (χ4n) is 3.35. The highest BCUT2D eigenvalue weighted by Crippen LogP contribution is 2.50. The number of aromatic amines is 1. The molecule has 1 amide bonds. The molecule has 4 heteroatoms. The molecule has 0 bridgehead atoms. The Labute approximate surface area is 139 Å². The Morgan fingerprint density at radius 3 is 2.62 bits per heavy atom. The highest BCUT2D eigenvalue weighted by Gasteiger charge is 2.52. The van der Waals surface area contributed by atoms with Crippen molar-refractivity contribution in [2.45, 2.75) is 24.7 Å². The van der Waals surface area contributed by atoms with Crippen molar-refractivity contribution in [3.05, 3.63) is 71.7 Å². The van der Waals surface area contributed by atoms with Crippen LogP contribution in [0.4, 0.5) is 4.39 Å². The monoisotopic (exact) mass is 322 g/mol. The van der Waals surface area contributed by atoms with Gasteiger partial charge in [0.15, 0.2) is 0 Å². The van der Waals surface area contributed by atoms with Crippen LogP contribution in [-0.2, 0) is 16.6 Å². The summed E-state index contributed by atoms with van der Waals surface area (Å²) >= 11 is 0. The standard InChI is InChI=1S/C20H19FN2O/c21-15-7-5-14(6-8-15)9-12-22-19(24)20(10-11-20)17-13-23-18-4-2-1-3-16(17)18/h1-8,13,23H,9-12H2,(H,22,24). The molecule has 0 aliphatic heterocycles. The minimum absolute atomic E-state index is 0.0920. The molecule has 1 saturated carbocycles. The summed E-state index contributed by atoms with van der Waals surface area (Å²) in [5.41, 5.74) is 2.80. The maximum Gasteiger partial charge on any atom is 0.230 e. The SMILES string of the molecule is O=C(NCCc1ccc(F)cc1)C1(c2c[nH]c3ccccc23)CC1. The molecule has 0 spiro atoms. The lowest BCUT2D eigenvalue weighted by molar-refractivity contribution is -0.123. The Balaban J connectivity index is 1.45. The van der Waals surface area contributed by atoms with Crippen molar-refractivity contribution < 1.29 is 9.18 Å². The van der Waals surface area contributed by atoms with Crippen LogP contribution in [-0.4, -0.2) is 17.4 Å². The van der Waals surface area contributed by atoms with Crippen LogP contribution < -0.4 is 5.32 Å². The summed E-state index contributed by atoms with van der Waals surface area (Å²) in [5, 5.41) is 4.18. The average Bonchev–Trinajstić information content (AvgIpc) is 3.30. The molecule has 0 unspecified atom stereocenters. The molecule has 0 radical (unpaired) electrons. The van der Waals surface area contributed by atoms with Gasteiger partial charge in [0.1, 0.15) is 5.82 Å². The van der Waals surface area contributed by atoms with Crippen molar-refractivity contribution >= 4 is 16.8 Å². The number of para-hydroxylation sites is 1. The third-order valence-electron chi connectivity index (χ3n) is 4.90. The Hall–Kier alpha value is -2.62. The van der Waals surface area contributed by atoms with Gasteiger partial charge in [0.05, 0.1) is 5.41 Å². The lowest BCUT2D eigenvalue weighted by Gasteiger charge is -2.15. The number of carbonyl (C=O) groups excluding carboxylic acids is 1. The summed E-state index contributed by atoms with van der Waals surface area (Å²) in [7, 11) is 0. The first-order valence-electron chi connectivity index (χ1n) is 8.28. The molecule has 4 rings (SSSR count). The van der Waals surface area contributed by atoms with E-state index in [0.717, 1.165) is 34.9 Å². The number of H-pyrrole nitrogens is 1. The van der Waals surface area contributed by atoms with Gasteiger partial charge in [0.25, 0.3) is 0 Å². The minimum Gasteiger partial charge on any atom is -0.361 e. The van der Waals surface area contributed by atoms with Crippen molar-refractivity contribution in [3.8, 4) is 0 Å². The number of carbonyl (C=O) groups is 1. The van der Waals surface area contributed by atoms with E-state index < -0.39 is 0 Å². The van der Waals surface area contributed by atoms with E-state index in [-0.39, 0.29) is 17.1 Å². The summed E-state index contributed by atoms with van der Waals surface area (Å²) in [4.78, 5) is 16.0. The van der Waals surface area contributed by atoms with Gasteiger partial charge in [-0.3, -0.25) is 4.79 Å². The molecule has 1 heterocycles. The van der Waals surface area contributed by atoms with Gasteiger partial charge in [0, 0.05) is 23.6 Å². The Morgan fingerprint density at radius 1 is 1.12 bits per heavy atom. The van der Waals surface area contributed by atoms with Crippen molar-refractivity contribution in [2.75, 3.05) is 6.54 Å². The molecule has 0 atom stereocenters. The minimum atomic E-state index is -0.387. The smallest absolute Gasteiger partial charge is 0.230 e. The number of rotatable bonds is 5.